The Morgan fingerprint density at radius 3 is 2.83 bits per heavy atom. The number of carbonyl (C=O) groups excluding carboxylic acids is 1. The molecule has 6 heteroatoms. The number of fused-ring (bicyclic) bond motifs is 1. The van der Waals surface area contributed by atoms with Gasteiger partial charge in [-0.1, -0.05) is 31.0 Å². The summed E-state index contributed by atoms with van der Waals surface area (Å²) in [6, 6.07) is 8.02. The number of halogens is 1. The molecule has 0 saturated heterocycles. The second kappa shape index (κ2) is 9.25. The number of rotatable bonds is 6. The third-order valence-electron chi connectivity index (χ3n) is 4.46. The van der Waals surface area contributed by atoms with Crippen LogP contribution >= 0.6 is 24.0 Å². The lowest BCUT2D eigenvalue weighted by Crippen LogP contribution is -2.38. The monoisotopic (exact) mass is 442 g/mol. The van der Waals surface area contributed by atoms with Crippen molar-refractivity contribution in [3.63, 3.8) is 0 Å². The molecular formula is C18H27IN4O. The number of nitrogens with zero attached hydrogens (tertiary/aromatic N) is 1. The summed E-state index contributed by atoms with van der Waals surface area (Å²) >= 11 is 0. The van der Waals surface area contributed by atoms with Crippen molar-refractivity contribution in [2.24, 2.45) is 10.9 Å². The van der Waals surface area contributed by atoms with Gasteiger partial charge in [-0.3, -0.25) is 9.79 Å². The highest BCUT2D eigenvalue weighted by atomic mass is 127. The Balaban J connectivity index is 0.00000208. The van der Waals surface area contributed by atoms with E-state index in [1.54, 1.807) is 0 Å². The SMILES string of the molecule is CCNC(=NCC1CC(=O)Nc2ccccc21)NCCC1CC1.I. The van der Waals surface area contributed by atoms with Crippen LogP contribution in [-0.4, -0.2) is 31.5 Å². The summed E-state index contributed by atoms with van der Waals surface area (Å²) < 4.78 is 0. The molecule has 1 atom stereocenters. The van der Waals surface area contributed by atoms with Gasteiger partial charge in [-0.25, -0.2) is 0 Å². The Morgan fingerprint density at radius 2 is 2.08 bits per heavy atom. The maximum atomic E-state index is 11.9. The predicted octanol–water partition coefficient (Wildman–Crippen LogP) is 3.09. The minimum absolute atomic E-state index is 0. The zero-order chi connectivity index (χ0) is 16.1. The smallest absolute Gasteiger partial charge is 0.225 e. The third-order valence-corrected chi connectivity index (χ3v) is 4.46. The molecule has 3 rings (SSSR count). The minimum Gasteiger partial charge on any atom is -0.357 e. The van der Waals surface area contributed by atoms with Crippen molar-refractivity contribution in [1.82, 2.24) is 10.6 Å². The molecule has 24 heavy (non-hydrogen) atoms. The van der Waals surface area contributed by atoms with Gasteiger partial charge in [0.2, 0.25) is 5.91 Å². The van der Waals surface area contributed by atoms with Crippen LogP contribution in [0.4, 0.5) is 5.69 Å². The number of benzene rings is 1. The fourth-order valence-electron chi connectivity index (χ4n) is 3.01. The van der Waals surface area contributed by atoms with Crippen LogP contribution in [0, 0.1) is 5.92 Å². The number of aliphatic imine (C=N–C) groups is 1. The number of anilines is 1. The van der Waals surface area contributed by atoms with E-state index in [1.807, 2.05) is 18.2 Å². The molecule has 0 bridgehead atoms. The van der Waals surface area contributed by atoms with Crippen LogP contribution in [-0.2, 0) is 4.79 Å². The topological polar surface area (TPSA) is 65.5 Å². The molecule has 1 aromatic carbocycles. The van der Waals surface area contributed by atoms with Crippen LogP contribution in [0.1, 0.15) is 44.1 Å². The Kier molecular flexibility index (Phi) is 7.33. The standard InChI is InChI=1S/C18H26N4O.HI/c1-2-19-18(20-10-9-13-7-8-13)21-12-14-11-17(23)22-16-6-4-3-5-15(14)16;/h3-6,13-14H,2,7-12H2,1H3,(H,22,23)(H2,19,20,21);1H. The molecule has 1 fully saturated rings. The number of hydrogen-bond acceptors (Lipinski definition) is 2. The van der Waals surface area contributed by atoms with Crippen LogP contribution in [0.15, 0.2) is 29.3 Å². The van der Waals surface area contributed by atoms with E-state index in [9.17, 15) is 4.79 Å². The molecule has 3 N–H and O–H groups in total. The molecule has 1 aliphatic heterocycles. The Hall–Kier alpha value is -1.31. The van der Waals surface area contributed by atoms with Crippen molar-refractivity contribution < 1.29 is 4.79 Å². The first kappa shape index (κ1) is 19.0. The number of nitrogens with one attached hydrogen (secondary N) is 3. The third kappa shape index (κ3) is 5.36. The number of hydrogen-bond donors (Lipinski definition) is 3. The number of carbonyl (C=O) groups is 1. The normalized spacial score (nSPS) is 19.8. The average Bonchev–Trinajstić information content (AvgIpc) is 3.36. The van der Waals surface area contributed by atoms with Crippen molar-refractivity contribution in [2.45, 2.75) is 38.5 Å². The molecule has 1 heterocycles. The van der Waals surface area contributed by atoms with E-state index in [4.69, 9.17) is 4.99 Å². The largest absolute Gasteiger partial charge is 0.357 e. The van der Waals surface area contributed by atoms with Crippen molar-refractivity contribution in [3.05, 3.63) is 29.8 Å². The van der Waals surface area contributed by atoms with Crippen LogP contribution in [0.5, 0.6) is 0 Å². The maximum absolute atomic E-state index is 11.9. The highest BCUT2D eigenvalue weighted by Gasteiger charge is 2.24. The Morgan fingerprint density at radius 1 is 1.29 bits per heavy atom. The summed E-state index contributed by atoms with van der Waals surface area (Å²) in [4.78, 5) is 16.6. The van der Waals surface area contributed by atoms with Gasteiger partial charge in [0.05, 0.1) is 6.54 Å². The Labute approximate surface area is 161 Å². The van der Waals surface area contributed by atoms with Gasteiger partial charge in [-0.2, -0.15) is 0 Å². The van der Waals surface area contributed by atoms with Crippen LogP contribution < -0.4 is 16.0 Å². The van der Waals surface area contributed by atoms with Gasteiger partial charge in [0.1, 0.15) is 0 Å². The van der Waals surface area contributed by atoms with Crippen molar-refractivity contribution in [3.8, 4) is 0 Å². The van der Waals surface area contributed by atoms with E-state index >= 15 is 0 Å². The lowest BCUT2D eigenvalue weighted by molar-refractivity contribution is -0.116. The van der Waals surface area contributed by atoms with E-state index in [0.29, 0.717) is 13.0 Å². The van der Waals surface area contributed by atoms with E-state index in [1.165, 1.54) is 24.8 Å². The minimum atomic E-state index is 0. The molecule has 132 valence electrons. The molecule has 2 aliphatic rings. The fraction of sp³-hybridized carbons (Fsp3) is 0.556. The predicted molar refractivity (Wildman–Crippen MR) is 109 cm³/mol. The van der Waals surface area contributed by atoms with Gasteiger partial charge in [0, 0.05) is 31.1 Å². The maximum Gasteiger partial charge on any atom is 0.225 e. The second-order valence-electron chi connectivity index (χ2n) is 6.41. The van der Waals surface area contributed by atoms with E-state index in [-0.39, 0.29) is 35.8 Å². The first-order valence-electron chi connectivity index (χ1n) is 8.67. The molecule has 0 spiro atoms. The first-order chi connectivity index (χ1) is 11.3. The summed E-state index contributed by atoms with van der Waals surface area (Å²) in [6.45, 7) is 4.51. The second-order valence-corrected chi connectivity index (χ2v) is 6.41. The van der Waals surface area contributed by atoms with Gasteiger partial charge in [-0.05, 0) is 30.9 Å². The first-order valence-corrected chi connectivity index (χ1v) is 8.67. The summed E-state index contributed by atoms with van der Waals surface area (Å²) in [5.74, 6) is 2.00. The van der Waals surface area contributed by atoms with Crippen LogP contribution in [0.25, 0.3) is 0 Å². The molecule has 1 unspecified atom stereocenters. The molecule has 5 nitrogen and oxygen atoms in total. The lowest BCUT2D eigenvalue weighted by atomic mass is 9.91. The average molecular weight is 442 g/mol. The molecular weight excluding hydrogens is 415 g/mol. The number of guanidine groups is 1. The van der Waals surface area contributed by atoms with Gasteiger partial charge >= 0.3 is 0 Å². The van der Waals surface area contributed by atoms with Crippen molar-refractivity contribution in [1.29, 1.82) is 0 Å². The van der Waals surface area contributed by atoms with E-state index in [0.717, 1.165) is 30.7 Å². The van der Waals surface area contributed by atoms with Crippen molar-refractivity contribution >= 4 is 41.5 Å². The summed E-state index contributed by atoms with van der Waals surface area (Å²) in [7, 11) is 0. The number of para-hydroxylation sites is 1. The fourth-order valence-corrected chi connectivity index (χ4v) is 3.01. The highest BCUT2D eigenvalue weighted by Crippen LogP contribution is 2.32. The zero-order valence-corrected chi connectivity index (χ0v) is 16.5. The van der Waals surface area contributed by atoms with Crippen LogP contribution in [0.2, 0.25) is 0 Å². The summed E-state index contributed by atoms with van der Waals surface area (Å²) in [5.41, 5.74) is 2.11. The molecule has 1 aromatic rings. The van der Waals surface area contributed by atoms with Gasteiger partial charge in [0.15, 0.2) is 5.96 Å². The van der Waals surface area contributed by atoms with Gasteiger partial charge in [0.25, 0.3) is 0 Å². The summed E-state index contributed by atoms with van der Waals surface area (Å²) in [5, 5.41) is 9.63. The molecule has 0 radical (unpaired) electrons. The molecule has 1 saturated carbocycles. The summed E-state index contributed by atoms with van der Waals surface area (Å²) in [6.07, 6.45) is 4.48. The zero-order valence-electron chi connectivity index (χ0n) is 14.2. The van der Waals surface area contributed by atoms with E-state index in [2.05, 4.69) is 28.9 Å². The van der Waals surface area contributed by atoms with Gasteiger partial charge < -0.3 is 16.0 Å². The quantitative estimate of drug-likeness (QED) is 0.361. The van der Waals surface area contributed by atoms with Gasteiger partial charge in [-0.15, -0.1) is 24.0 Å². The Bertz CT molecular complexity index is 586. The lowest BCUT2D eigenvalue weighted by Gasteiger charge is -2.24. The van der Waals surface area contributed by atoms with E-state index < -0.39 is 0 Å². The van der Waals surface area contributed by atoms with Crippen molar-refractivity contribution in [2.75, 3.05) is 25.0 Å². The molecule has 1 amide bonds. The number of amides is 1. The molecule has 1 aliphatic carbocycles. The molecule has 0 aromatic heterocycles. The van der Waals surface area contributed by atoms with Crippen LogP contribution in [0.3, 0.4) is 0 Å². The highest BCUT2D eigenvalue weighted by molar-refractivity contribution is 14.0.